The smallest absolute Gasteiger partial charge is 0.272 e. The van der Waals surface area contributed by atoms with E-state index in [2.05, 4.69) is 31.1 Å². The number of hydrogen-bond donors (Lipinski definition) is 1. The minimum Gasteiger partial charge on any atom is -0.370 e. The lowest BCUT2D eigenvalue weighted by atomic mass is 9.88. The van der Waals surface area contributed by atoms with E-state index in [9.17, 15) is 4.79 Å². The summed E-state index contributed by atoms with van der Waals surface area (Å²) in [5.41, 5.74) is 0.549. The number of aromatic nitrogens is 1. The fourth-order valence-corrected chi connectivity index (χ4v) is 2.51. The molecule has 0 radical (unpaired) electrons. The van der Waals surface area contributed by atoms with E-state index >= 15 is 0 Å². The molecule has 4 nitrogen and oxygen atoms in total. The Bertz CT molecular complexity index is 461. The molecule has 2 atom stereocenters. The molecule has 2 heterocycles. The van der Waals surface area contributed by atoms with E-state index in [1.54, 1.807) is 0 Å². The Morgan fingerprint density at radius 2 is 2.20 bits per heavy atom. The van der Waals surface area contributed by atoms with Crippen molar-refractivity contribution in [3.05, 3.63) is 23.9 Å². The number of nitrogens with zero attached hydrogens (tertiary/aromatic N) is 2. The van der Waals surface area contributed by atoms with E-state index in [-0.39, 0.29) is 5.91 Å². The van der Waals surface area contributed by atoms with Crippen molar-refractivity contribution in [1.29, 1.82) is 0 Å². The van der Waals surface area contributed by atoms with Gasteiger partial charge in [-0.2, -0.15) is 0 Å². The predicted octanol–water partition coefficient (Wildman–Crippen LogP) is 3.02. The van der Waals surface area contributed by atoms with Crippen LogP contribution in [0.5, 0.6) is 0 Å². The summed E-state index contributed by atoms with van der Waals surface area (Å²) in [5, 5.41) is 3.23. The molecule has 110 valence electrons. The van der Waals surface area contributed by atoms with E-state index < -0.39 is 0 Å². The lowest BCUT2D eigenvalue weighted by molar-refractivity contribution is 0.0622. The fourth-order valence-electron chi connectivity index (χ4n) is 2.51. The van der Waals surface area contributed by atoms with Gasteiger partial charge in [0.05, 0.1) is 0 Å². The van der Waals surface area contributed by atoms with Crippen molar-refractivity contribution in [3.63, 3.8) is 0 Å². The first-order chi connectivity index (χ1) is 9.61. The highest BCUT2D eigenvalue weighted by Crippen LogP contribution is 2.23. The Hall–Kier alpha value is -1.58. The van der Waals surface area contributed by atoms with Crippen LogP contribution in [0.15, 0.2) is 18.2 Å². The summed E-state index contributed by atoms with van der Waals surface area (Å²) >= 11 is 0. The van der Waals surface area contributed by atoms with Crippen molar-refractivity contribution >= 4 is 11.7 Å². The molecular weight excluding hydrogens is 250 g/mol. The van der Waals surface area contributed by atoms with E-state index in [0.717, 1.165) is 38.3 Å². The molecule has 1 aromatic rings. The number of piperidine rings is 1. The Morgan fingerprint density at radius 1 is 1.40 bits per heavy atom. The summed E-state index contributed by atoms with van der Waals surface area (Å²) in [4.78, 5) is 18.9. The van der Waals surface area contributed by atoms with Gasteiger partial charge in [-0.15, -0.1) is 0 Å². The second-order valence-electron chi connectivity index (χ2n) is 5.83. The zero-order chi connectivity index (χ0) is 14.5. The van der Waals surface area contributed by atoms with E-state index in [1.807, 2.05) is 23.1 Å². The molecule has 2 unspecified atom stereocenters. The van der Waals surface area contributed by atoms with Gasteiger partial charge in [-0.05, 0) is 36.8 Å². The van der Waals surface area contributed by atoms with Gasteiger partial charge in [0.1, 0.15) is 11.5 Å². The zero-order valence-corrected chi connectivity index (χ0v) is 12.7. The van der Waals surface area contributed by atoms with E-state index in [4.69, 9.17) is 0 Å². The van der Waals surface area contributed by atoms with Crippen LogP contribution in [0.3, 0.4) is 0 Å². The molecule has 1 N–H and O–H groups in total. The Kier molecular flexibility index (Phi) is 4.99. The highest BCUT2D eigenvalue weighted by atomic mass is 16.2. The number of nitrogens with one attached hydrogen (secondary N) is 1. The van der Waals surface area contributed by atoms with Crippen molar-refractivity contribution in [2.75, 3.05) is 25.0 Å². The molecule has 1 amide bonds. The summed E-state index contributed by atoms with van der Waals surface area (Å²) < 4.78 is 0. The highest BCUT2D eigenvalue weighted by Gasteiger charge is 2.27. The largest absolute Gasteiger partial charge is 0.370 e. The number of hydrogen-bond acceptors (Lipinski definition) is 3. The van der Waals surface area contributed by atoms with Gasteiger partial charge in [0.15, 0.2) is 0 Å². The molecule has 1 aromatic heterocycles. The van der Waals surface area contributed by atoms with Gasteiger partial charge in [-0.25, -0.2) is 4.98 Å². The Balaban J connectivity index is 2.05. The van der Waals surface area contributed by atoms with Crippen LogP contribution in [-0.2, 0) is 0 Å². The second-order valence-corrected chi connectivity index (χ2v) is 5.83. The van der Waals surface area contributed by atoms with E-state index in [0.29, 0.717) is 17.5 Å². The van der Waals surface area contributed by atoms with Crippen molar-refractivity contribution in [2.24, 2.45) is 11.8 Å². The van der Waals surface area contributed by atoms with Crippen LogP contribution in [0.25, 0.3) is 0 Å². The summed E-state index contributed by atoms with van der Waals surface area (Å²) in [7, 11) is 0. The van der Waals surface area contributed by atoms with E-state index in [1.165, 1.54) is 0 Å². The number of pyridine rings is 1. The molecule has 0 spiro atoms. The third-order valence-electron chi connectivity index (χ3n) is 4.15. The maximum absolute atomic E-state index is 12.5. The minimum absolute atomic E-state index is 0.0592. The van der Waals surface area contributed by atoms with Gasteiger partial charge < -0.3 is 10.2 Å². The lowest BCUT2D eigenvalue weighted by Crippen LogP contribution is -2.42. The van der Waals surface area contributed by atoms with Crippen molar-refractivity contribution < 1.29 is 4.79 Å². The van der Waals surface area contributed by atoms with Gasteiger partial charge >= 0.3 is 0 Å². The second kappa shape index (κ2) is 6.73. The SMILES string of the molecule is CCCNc1cccc(C(=O)N2CCC(C)C(C)C2)n1. The van der Waals surface area contributed by atoms with Crippen molar-refractivity contribution in [2.45, 2.75) is 33.6 Å². The first-order valence-corrected chi connectivity index (χ1v) is 7.62. The molecule has 0 aliphatic carbocycles. The molecular formula is C16H25N3O. The standard InChI is InChI=1S/C16H25N3O/c1-4-9-17-15-7-5-6-14(18-15)16(20)19-10-8-12(2)13(3)11-19/h5-7,12-13H,4,8-11H2,1-3H3,(H,17,18). The number of amides is 1. The summed E-state index contributed by atoms with van der Waals surface area (Å²) in [6.07, 6.45) is 2.13. The number of carbonyl (C=O) groups is 1. The molecule has 0 aromatic carbocycles. The third kappa shape index (κ3) is 3.50. The summed E-state index contributed by atoms with van der Waals surface area (Å²) in [6, 6.07) is 5.61. The van der Waals surface area contributed by atoms with Gasteiger partial charge in [0, 0.05) is 19.6 Å². The monoisotopic (exact) mass is 275 g/mol. The third-order valence-corrected chi connectivity index (χ3v) is 4.15. The molecule has 20 heavy (non-hydrogen) atoms. The van der Waals surface area contributed by atoms with Crippen LogP contribution in [0, 0.1) is 11.8 Å². The number of rotatable bonds is 4. The van der Waals surface area contributed by atoms with Crippen LogP contribution in [0.1, 0.15) is 44.1 Å². The minimum atomic E-state index is 0.0592. The van der Waals surface area contributed by atoms with Crippen molar-refractivity contribution in [3.8, 4) is 0 Å². The molecule has 1 aliphatic rings. The Morgan fingerprint density at radius 3 is 2.90 bits per heavy atom. The van der Waals surface area contributed by atoms with Crippen LogP contribution in [-0.4, -0.2) is 35.4 Å². The lowest BCUT2D eigenvalue weighted by Gasteiger charge is -2.35. The normalized spacial score (nSPS) is 22.6. The molecule has 0 saturated carbocycles. The number of likely N-dealkylation sites (tertiary alicyclic amines) is 1. The number of carbonyl (C=O) groups excluding carboxylic acids is 1. The predicted molar refractivity (Wildman–Crippen MR) is 81.9 cm³/mol. The molecule has 0 bridgehead atoms. The van der Waals surface area contributed by atoms with Crippen LogP contribution >= 0.6 is 0 Å². The molecule has 4 heteroatoms. The maximum atomic E-state index is 12.5. The van der Waals surface area contributed by atoms with Crippen molar-refractivity contribution in [1.82, 2.24) is 9.88 Å². The van der Waals surface area contributed by atoms with Gasteiger partial charge in [-0.1, -0.05) is 26.8 Å². The van der Waals surface area contributed by atoms with Gasteiger partial charge in [0.25, 0.3) is 5.91 Å². The molecule has 1 aliphatic heterocycles. The zero-order valence-electron chi connectivity index (χ0n) is 12.7. The van der Waals surface area contributed by atoms with Gasteiger partial charge in [0.2, 0.25) is 0 Å². The average molecular weight is 275 g/mol. The van der Waals surface area contributed by atoms with Crippen LogP contribution in [0.2, 0.25) is 0 Å². The Labute approximate surface area is 121 Å². The molecule has 1 fully saturated rings. The highest BCUT2D eigenvalue weighted by molar-refractivity contribution is 5.92. The van der Waals surface area contributed by atoms with Crippen LogP contribution < -0.4 is 5.32 Å². The van der Waals surface area contributed by atoms with Crippen LogP contribution in [0.4, 0.5) is 5.82 Å². The summed E-state index contributed by atoms with van der Waals surface area (Å²) in [6.45, 7) is 9.16. The van der Waals surface area contributed by atoms with Gasteiger partial charge in [-0.3, -0.25) is 4.79 Å². The fraction of sp³-hybridized carbons (Fsp3) is 0.625. The first kappa shape index (κ1) is 14.8. The topological polar surface area (TPSA) is 45.2 Å². The summed E-state index contributed by atoms with van der Waals surface area (Å²) in [5.74, 6) is 2.11. The quantitative estimate of drug-likeness (QED) is 0.918. The average Bonchev–Trinajstić information content (AvgIpc) is 2.47. The number of anilines is 1. The first-order valence-electron chi connectivity index (χ1n) is 7.62. The molecule has 1 saturated heterocycles. The maximum Gasteiger partial charge on any atom is 0.272 e. The molecule has 2 rings (SSSR count).